The molecule has 0 aromatic heterocycles. The van der Waals surface area contributed by atoms with Gasteiger partial charge in [0, 0.05) is 12.2 Å². The van der Waals surface area contributed by atoms with Crippen LogP contribution in [0.5, 0.6) is 5.75 Å². The topological polar surface area (TPSA) is 84.5 Å². The van der Waals surface area contributed by atoms with Crippen LogP contribution in [0.3, 0.4) is 0 Å². The molecule has 31 heavy (non-hydrogen) atoms. The van der Waals surface area contributed by atoms with Crippen molar-refractivity contribution in [3.05, 3.63) is 54.1 Å². The van der Waals surface area contributed by atoms with E-state index in [9.17, 15) is 13.2 Å². The number of nitrogens with one attached hydrogen (secondary N) is 2. The Morgan fingerprint density at radius 1 is 1.00 bits per heavy atom. The number of sulfonamides is 1. The first-order valence-electron chi connectivity index (χ1n) is 11.0. The second-order valence-electron chi connectivity index (χ2n) is 8.65. The number of ether oxygens (including phenoxy) is 1. The van der Waals surface area contributed by atoms with E-state index < -0.39 is 15.4 Å². The summed E-state index contributed by atoms with van der Waals surface area (Å²) >= 11 is 0. The van der Waals surface area contributed by atoms with Crippen molar-refractivity contribution in [2.24, 2.45) is 5.92 Å². The number of methoxy groups -OCH3 is 1. The van der Waals surface area contributed by atoms with Crippen molar-refractivity contribution in [1.29, 1.82) is 0 Å². The molecule has 2 aliphatic rings. The average molecular weight is 443 g/mol. The molecule has 0 atom stereocenters. The minimum atomic E-state index is -3.69. The van der Waals surface area contributed by atoms with Gasteiger partial charge in [0.05, 0.1) is 17.4 Å². The van der Waals surface area contributed by atoms with Gasteiger partial charge in [-0.2, -0.15) is 0 Å². The van der Waals surface area contributed by atoms with Crippen molar-refractivity contribution in [3.8, 4) is 5.75 Å². The summed E-state index contributed by atoms with van der Waals surface area (Å²) in [4.78, 5) is 13.1. The Balaban J connectivity index is 1.39. The van der Waals surface area contributed by atoms with Gasteiger partial charge >= 0.3 is 0 Å². The van der Waals surface area contributed by atoms with Gasteiger partial charge in [-0.05, 0) is 73.6 Å². The number of carbonyl (C=O) groups is 1. The first-order valence-corrected chi connectivity index (χ1v) is 12.5. The third-order valence-electron chi connectivity index (χ3n) is 6.52. The summed E-state index contributed by atoms with van der Waals surface area (Å²) in [6.45, 7) is 0.764. The van der Waals surface area contributed by atoms with Crippen LogP contribution < -0.4 is 14.8 Å². The molecule has 2 saturated carbocycles. The molecule has 0 radical (unpaired) electrons. The van der Waals surface area contributed by atoms with Gasteiger partial charge < -0.3 is 10.1 Å². The summed E-state index contributed by atoms with van der Waals surface area (Å²) in [6.07, 6.45) is 7.91. The van der Waals surface area contributed by atoms with Crippen molar-refractivity contribution >= 4 is 21.6 Å². The molecule has 7 heteroatoms. The van der Waals surface area contributed by atoms with Crippen LogP contribution in [0.1, 0.15) is 50.5 Å². The van der Waals surface area contributed by atoms with E-state index in [-0.39, 0.29) is 10.8 Å². The number of amides is 1. The minimum absolute atomic E-state index is 0.102. The normalized spacial score (nSPS) is 18.2. The molecule has 0 saturated heterocycles. The summed E-state index contributed by atoms with van der Waals surface area (Å²) in [5.74, 6) is 1.30. The average Bonchev–Trinajstić information content (AvgIpc) is 3.60. The molecule has 1 amide bonds. The molecule has 0 heterocycles. The fourth-order valence-electron chi connectivity index (χ4n) is 4.40. The quantitative estimate of drug-likeness (QED) is 0.641. The summed E-state index contributed by atoms with van der Waals surface area (Å²) in [5.41, 5.74) is 0.959. The SMILES string of the molecule is COc1ccc(S(=O)(=O)Nc2ccc(C3(C(=O)NCC4CCCCC4)CC3)cc2)cc1. The van der Waals surface area contributed by atoms with E-state index >= 15 is 0 Å². The van der Waals surface area contributed by atoms with E-state index in [0.717, 1.165) is 24.9 Å². The Hall–Kier alpha value is -2.54. The molecular formula is C24H30N2O4S. The van der Waals surface area contributed by atoms with Gasteiger partial charge in [-0.1, -0.05) is 31.4 Å². The highest BCUT2D eigenvalue weighted by atomic mass is 32.2. The maximum absolute atomic E-state index is 12.9. The summed E-state index contributed by atoms with van der Waals surface area (Å²) < 4.78 is 32.9. The smallest absolute Gasteiger partial charge is 0.261 e. The molecule has 0 unspecified atom stereocenters. The first-order chi connectivity index (χ1) is 14.9. The zero-order chi connectivity index (χ0) is 21.9. The zero-order valence-electron chi connectivity index (χ0n) is 17.9. The highest BCUT2D eigenvalue weighted by molar-refractivity contribution is 7.92. The number of carbonyl (C=O) groups excluding carboxylic acids is 1. The van der Waals surface area contributed by atoms with Gasteiger partial charge in [0.25, 0.3) is 10.0 Å². The zero-order valence-corrected chi connectivity index (χ0v) is 18.7. The van der Waals surface area contributed by atoms with Crippen molar-refractivity contribution in [2.75, 3.05) is 18.4 Å². The lowest BCUT2D eigenvalue weighted by molar-refractivity contribution is -0.123. The van der Waals surface area contributed by atoms with Gasteiger partial charge in [0.1, 0.15) is 5.75 Å². The van der Waals surface area contributed by atoms with E-state index in [1.165, 1.54) is 51.3 Å². The first kappa shape index (κ1) is 21.7. The standard InChI is InChI=1S/C24H30N2O4S/c1-30-21-11-13-22(14-12-21)31(28,29)26-20-9-7-19(8-10-20)24(15-16-24)23(27)25-17-18-5-3-2-4-6-18/h7-14,18,26H,2-6,15-17H2,1H3,(H,25,27). The molecule has 0 bridgehead atoms. The molecule has 2 fully saturated rings. The summed E-state index contributed by atoms with van der Waals surface area (Å²) in [6, 6.07) is 13.4. The van der Waals surface area contributed by atoms with Crippen LogP contribution in [0.15, 0.2) is 53.4 Å². The lowest BCUT2D eigenvalue weighted by atomic mass is 9.88. The number of hydrogen-bond donors (Lipinski definition) is 2. The Kier molecular flexibility index (Phi) is 6.23. The number of benzene rings is 2. The maximum Gasteiger partial charge on any atom is 0.261 e. The molecule has 2 aromatic carbocycles. The monoisotopic (exact) mass is 442 g/mol. The maximum atomic E-state index is 12.9. The van der Waals surface area contributed by atoms with Gasteiger partial charge in [-0.25, -0.2) is 8.42 Å². The second kappa shape index (κ2) is 8.91. The third kappa shape index (κ3) is 4.87. The Morgan fingerprint density at radius 3 is 2.23 bits per heavy atom. The fourth-order valence-corrected chi connectivity index (χ4v) is 5.45. The number of hydrogen-bond acceptors (Lipinski definition) is 4. The lowest BCUT2D eigenvalue weighted by Gasteiger charge is -2.23. The van der Waals surface area contributed by atoms with Crippen LogP contribution >= 0.6 is 0 Å². The van der Waals surface area contributed by atoms with Crippen LogP contribution in [0.25, 0.3) is 0 Å². The highest BCUT2D eigenvalue weighted by Gasteiger charge is 2.51. The van der Waals surface area contributed by atoms with Crippen LogP contribution in [0, 0.1) is 5.92 Å². The van der Waals surface area contributed by atoms with Gasteiger partial charge in [-0.15, -0.1) is 0 Å². The Bertz CT molecular complexity index is 1010. The van der Waals surface area contributed by atoms with Crippen molar-refractivity contribution in [3.63, 3.8) is 0 Å². The van der Waals surface area contributed by atoms with Crippen molar-refractivity contribution < 1.29 is 17.9 Å². The van der Waals surface area contributed by atoms with Crippen molar-refractivity contribution in [2.45, 2.75) is 55.3 Å². The molecule has 4 rings (SSSR count). The summed E-state index contributed by atoms with van der Waals surface area (Å²) in [5, 5.41) is 3.18. The predicted octanol–water partition coefficient (Wildman–Crippen LogP) is 4.22. The van der Waals surface area contributed by atoms with Crippen LogP contribution in [-0.2, 0) is 20.2 Å². The Labute approximate surface area is 184 Å². The fraction of sp³-hybridized carbons (Fsp3) is 0.458. The molecule has 2 aromatic rings. The molecular weight excluding hydrogens is 412 g/mol. The molecule has 2 aliphatic carbocycles. The largest absolute Gasteiger partial charge is 0.497 e. The highest BCUT2D eigenvalue weighted by Crippen LogP contribution is 2.48. The molecule has 0 aliphatic heterocycles. The van der Waals surface area contributed by atoms with Crippen LogP contribution in [0.4, 0.5) is 5.69 Å². The van der Waals surface area contributed by atoms with Gasteiger partial charge in [0.15, 0.2) is 0 Å². The lowest BCUT2D eigenvalue weighted by Crippen LogP contribution is -2.38. The molecule has 0 spiro atoms. The predicted molar refractivity (Wildman–Crippen MR) is 121 cm³/mol. The molecule has 6 nitrogen and oxygen atoms in total. The minimum Gasteiger partial charge on any atom is -0.497 e. The molecule has 2 N–H and O–H groups in total. The van der Waals surface area contributed by atoms with Gasteiger partial charge in [0.2, 0.25) is 5.91 Å². The second-order valence-corrected chi connectivity index (χ2v) is 10.3. The van der Waals surface area contributed by atoms with E-state index in [4.69, 9.17) is 4.74 Å². The number of anilines is 1. The molecule has 166 valence electrons. The van der Waals surface area contributed by atoms with Crippen LogP contribution in [-0.4, -0.2) is 28.0 Å². The summed E-state index contributed by atoms with van der Waals surface area (Å²) in [7, 11) is -2.16. The van der Waals surface area contributed by atoms with Crippen LogP contribution in [0.2, 0.25) is 0 Å². The number of rotatable bonds is 8. The van der Waals surface area contributed by atoms with Gasteiger partial charge in [-0.3, -0.25) is 9.52 Å². The van der Waals surface area contributed by atoms with E-state index in [1.54, 1.807) is 24.3 Å². The van der Waals surface area contributed by atoms with E-state index in [1.807, 2.05) is 12.1 Å². The van der Waals surface area contributed by atoms with Crippen molar-refractivity contribution in [1.82, 2.24) is 5.32 Å². The third-order valence-corrected chi connectivity index (χ3v) is 7.92. The van der Waals surface area contributed by atoms with E-state index in [2.05, 4.69) is 10.0 Å². The Morgan fingerprint density at radius 2 is 1.65 bits per heavy atom. The van der Waals surface area contributed by atoms with E-state index in [0.29, 0.717) is 17.4 Å².